The maximum Gasteiger partial charge on any atom is 0.320 e. The van der Waals surface area contributed by atoms with Gasteiger partial charge in [0, 0.05) is 5.69 Å². The van der Waals surface area contributed by atoms with Gasteiger partial charge in [0.15, 0.2) is 0 Å². The highest BCUT2D eigenvalue weighted by Crippen LogP contribution is 2.22. The molecule has 7 heteroatoms. The van der Waals surface area contributed by atoms with Gasteiger partial charge in [0.05, 0.1) is 6.04 Å². The number of nitrogens with zero attached hydrogens (tertiary/aromatic N) is 1. The average Bonchev–Trinajstić information content (AvgIpc) is 2.54. The number of para-hydroxylation sites is 1. The third-order valence-corrected chi connectivity index (χ3v) is 3.85. The number of carboxylic acids is 1. The summed E-state index contributed by atoms with van der Waals surface area (Å²) in [7, 11) is 0. The fourth-order valence-electron chi connectivity index (χ4n) is 2.57. The molecule has 1 aromatic carbocycles. The first kappa shape index (κ1) is 20.6. The zero-order valence-corrected chi connectivity index (χ0v) is 15.1. The highest BCUT2D eigenvalue weighted by molar-refractivity contribution is 6.03. The van der Waals surface area contributed by atoms with Crippen LogP contribution < -0.4 is 16.0 Å². The molecule has 0 unspecified atom stereocenters. The lowest BCUT2D eigenvalue weighted by Crippen LogP contribution is -2.56. The summed E-state index contributed by atoms with van der Waals surface area (Å²) in [5, 5.41) is 11.8. The Morgan fingerprint density at radius 2 is 1.64 bits per heavy atom. The molecule has 0 fully saturated rings. The van der Waals surface area contributed by atoms with Crippen LogP contribution in [0.5, 0.6) is 0 Å². The first-order chi connectivity index (χ1) is 11.6. The SMILES string of the molecule is CC(C)C[C@@H](C(N)=O)N(C(=O)[C@H](C)N[C@@H](C)C(=O)O)c1ccccc1. The predicted molar refractivity (Wildman–Crippen MR) is 96.1 cm³/mol. The minimum absolute atomic E-state index is 0.151. The average molecular weight is 349 g/mol. The number of benzene rings is 1. The molecule has 138 valence electrons. The second-order valence-electron chi connectivity index (χ2n) is 6.54. The van der Waals surface area contributed by atoms with E-state index in [0.717, 1.165) is 0 Å². The van der Waals surface area contributed by atoms with Gasteiger partial charge in [-0.25, -0.2) is 0 Å². The van der Waals surface area contributed by atoms with Crippen molar-refractivity contribution in [3.63, 3.8) is 0 Å². The summed E-state index contributed by atoms with van der Waals surface area (Å²) < 4.78 is 0. The summed E-state index contributed by atoms with van der Waals surface area (Å²) in [5.74, 6) is -1.90. The van der Waals surface area contributed by atoms with Crippen LogP contribution in [0.15, 0.2) is 30.3 Å². The zero-order valence-electron chi connectivity index (χ0n) is 15.1. The van der Waals surface area contributed by atoms with Crippen LogP contribution in [0.4, 0.5) is 5.69 Å². The maximum atomic E-state index is 13.0. The quantitative estimate of drug-likeness (QED) is 0.623. The first-order valence-electron chi connectivity index (χ1n) is 8.31. The molecule has 0 aliphatic rings. The molecular formula is C18H27N3O4. The molecule has 0 saturated carbocycles. The van der Waals surface area contributed by atoms with Gasteiger partial charge < -0.3 is 10.8 Å². The van der Waals surface area contributed by atoms with E-state index in [0.29, 0.717) is 12.1 Å². The molecule has 0 bridgehead atoms. The molecule has 0 heterocycles. The van der Waals surface area contributed by atoms with Crippen molar-refractivity contribution in [2.75, 3.05) is 4.90 Å². The standard InChI is InChI=1S/C18H27N3O4/c1-11(2)10-15(16(19)22)21(14-8-6-5-7-9-14)17(23)12(3)20-13(4)18(24)25/h5-9,11-13,15,20H,10H2,1-4H3,(H2,19,22)(H,24,25)/t12-,13-,15-/m0/s1. The van der Waals surface area contributed by atoms with Gasteiger partial charge in [-0.1, -0.05) is 32.0 Å². The molecule has 0 saturated heterocycles. The molecule has 1 rings (SSSR count). The van der Waals surface area contributed by atoms with E-state index in [-0.39, 0.29) is 5.92 Å². The number of anilines is 1. The second-order valence-corrected chi connectivity index (χ2v) is 6.54. The van der Waals surface area contributed by atoms with Gasteiger partial charge in [-0.3, -0.25) is 24.6 Å². The van der Waals surface area contributed by atoms with Crippen LogP contribution in [0.25, 0.3) is 0 Å². The third kappa shape index (κ3) is 5.86. The Morgan fingerprint density at radius 1 is 1.08 bits per heavy atom. The van der Waals surface area contributed by atoms with E-state index in [9.17, 15) is 14.4 Å². The topological polar surface area (TPSA) is 113 Å². The number of carbonyl (C=O) groups is 3. The van der Waals surface area contributed by atoms with Crippen LogP contribution in [-0.2, 0) is 14.4 Å². The van der Waals surface area contributed by atoms with Crippen molar-refractivity contribution in [3.8, 4) is 0 Å². The monoisotopic (exact) mass is 349 g/mol. The Bertz CT molecular complexity index is 604. The number of aliphatic carboxylic acids is 1. The number of primary amides is 1. The number of nitrogens with one attached hydrogen (secondary N) is 1. The molecule has 0 aliphatic carbocycles. The number of hydrogen-bond donors (Lipinski definition) is 3. The summed E-state index contributed by atoms with van der Waals surface area (Å²) in [5.41, 5.74) is 6.11. The van der Waals surface area contributed by atoms with Crippen molar-refractivity contribution in [1.29, 1.82) is 0 Å². The largest absolute Gasteiger partial charge is 0.480 e. The smallest absolute Gasteiger partial charge is 0.320 e. The molecule has 0 aliphatic heterocycles. The molecular weight excluding hydrogens is 322 g/mol. The lowest BCUT2D eigenvalue weighted by Gasteiger charge is -2.33. The van der Waals surface area contributed by atoms with Crippen LogP contribution in [0, 0.1) is 5.92 Å². The van der Waals surface area contributed by atoms with Crippen molar-refractivity contribution in [2.24, 2.45) is 11.7 Å². The number of carboxylic acid groups (broad SMARTS) is 1. The van der Waals surface area contributed by atoms with E-state index in [4.69, 9.17) is 10.8 Å². The van der Waals surface area contributed by atoms with E-state index in [1.54, 1.807) is 31.2 Å². The van der Waals surface area contributed by atoms with Gasteiger partial charge in [0.1, 0.15) is 12.1 Å². The minimum Gasteiger partial charge on any atom is -0.480 e. The minimum atomic E-state index is -1.06. The van der Waals surface area contributed by atoms with Gasteiger partial charge in [-0.2, -0.15) is 0 Å². The van der Waals surface area contributed by atoms with E-state index in [2.05, 4.69) is 5.32 Å². The van der Waals surface area contributed by atoms with E-state index in [1.807, 2.05) is 19.9 Å². The Morgan fingerprint density at radius 3 is 2.08 bits per heavy atom. The van der Waals surface area contributed by atoms with Crippen LogP contribution in [-0.4, -0.2) is 41.0 Å². The molecule has 7 nitrogen and oxygen atoms in total. The second kappa shape index (κ2) is 9.17. The zero-order chi connectivity index (χ0) is 19.1. The van der Waals surface area contributed by atoms with Crippen molar-refractivity contribution < 1.29 is 19.5 Å². The Balaban J connectivity index is 3.19. The first-order valence-corrected chi connectivity index (χ1v) is 8.31. The summed E-state index contributed by atoms with van der Waals surface area (Å²) in [6, 6.07) is 6.29. The lowest BCUT2D eigenvalue weighted by atomic mass is 10.00. The molecule has 4 N–H and O–H groups in total. The van der Waals surface area contributed by atoms with Crippen LogP contribution in [0.2, 0.25) is 0 Å². The van der Waals surface area contributed by atoms with Crippen LogP contribution in [0.1, 0.15) is 34.1 Å². The highest BCUT2D eigenvalue weighted by Gasteiger charge is 2.33. The van der Waals surface area contributed by atoms with Crippen molar-refractivity contribution in [2.45, 2.75) is 52.2 Å². The molecule has 0 spiro atoms. The maximum absolute atomic E-state index is 13.0. The van der Waals surface area contributed by atoms with E-state index in [1.165, 1.54) is 11.8 Å². The fourth-order valence-corrected chi connectivity index (χ4v) is 2.57. The molecule has 25 heavy (non-hydrogen) atoms. The number of carbonyl (C=O) groups excluding carboxylic acids is 2. The third-order valence-electron chi connectivity index (χ3n) is 3.85. The van der Waals surface area contributed by atoms with Crippen LogP contribution in [0.3, 0.4) is 0 Å². The molecule has 0 aromatic heterocycles. The number of amides is 2. The highest BCUT2D eigenvalue weighted by atomic mass is 16.4. The number of nitrogens with two attached hydrogens (primary N) is 1. The molecule has 1 aromatic rings. The van der Waals surface area contributed by atoms with E-state index < -0.39 is 35.9 Å². The molecule has 3 atom stereocenters. The lowest BCUT2D eigenvalue weighted by molar-refractivity contribution is -0.139. The summed E-state index contributed by atoms with van der Waals surface area (Å²) in [6.07, 6.45) is 0.414. The summed E-state index contributed by atoms with van der Waals surface area (Å²) >= 11 is 0. The summed E-state index contributed by atoms with van der Waals surface area (Å²) in [4.78, 5) is 37.4. The molecule has 2 amide bonds. The van der Waals surface area contributed by atoms with Gasteiger partial charge in [0.2, 0.25) is 11.8 Å². The van der Waals surface area contributed by atoms with Gasteiger partial charge >= 0.3 is 5.97 Å². The van der Waals surface area contributed by atoms with E-state index >= 15 is 0 Å². The van der Waals surface area contributed by atoms with Gasteiger partial charge in [-0.15, -0.1) is 0 Å². The Hall–Kier alpha value is -2.41. The van der Waals surface area contributed by atoms with Crippen molar-refractivity contribution in [1.82, 2.24) is 5.32 Å². The number of rotatable bonds is 9. The van der Waals surface area contributed by atoms with Crippen molar-refractivity contribution >= 4 is 23.5 Å². The predicted octanol–water partition coefficient (Wildman–Crippen LogP) is 1.37. The Labute approximate surface area is 148 Å². The van der Waals surface area contributed by atoms with Gasteiger partial charge in [0.25, 0.3) is 0 Å². The van der Waals surface area contributed by atoms with Gasteiger partial charge in [-0.05, 0) is 38.3 Å². The molecule has 0 radical (unpaired) electrons. The van der Waals surface area contributed by atoms with Crippen molar-refractivity contribution in [3.05, 3.63) is 30.3 Å². The normalized spacial score (nSPS) is 14.6. The van der Waals surface area contributed by atoms with Crippen LogP contribution >= 0.6 is 0 Å². The number of hydrogen-bond acceptors (Lipinski definition) is 4. The summed E-state index contributed by atoms with van der Waals surface area (Å²) in [6.45, 7) is 6.92. The fraction of sp³-hybridized carbons (Fsp3) is 0.500. The Kier molecular flexibility index (Phi) is 7.57.